The summed E-state index contributed by atoms with van der Waals surface area (Å²) in [5.41, 5.74) is 4.85. The van der Waals surface area contributed by atoms with Gasteiger partial charge in [-0.15, -0.1) is 0 Å². The van der Waals surface area contributed by atoms with E-state index in [0.717, 1.165) is 32.1 Å². The molecule has 0 unspecified atom stereocenters. The molecule has 4 aromatic carbocycles. The Balaban J connectivity index is 1.14. The summed E-state index contributed by atoms with van der Waals surface area (Å²) in [6.07, 6.45) is 9.12. The van der Waals surface area contributed by atoms with Crippen LogP contribution >= 0.6 is 0 Å². The number of nitrogens with zero attached hydrogens (tertiary/aromatic N) is 2. The quantitative estimate of drug-likeness (QED) is 0.0710. The van der Waals surface area contributed by atoms with E-state index in [-0.39, 0.29) is 0 Å². The van der Waals surface area contributed by atoms with E-state index in [1.807, 2.05) is 36.4 Å². The molecule has 1 heterocycles. The van der Waals surface area contributed by atoms with Gasteiger partial charge < -0.3 is 14.0 Å². The fourth-order valence-electron chi connectivity index (χ4n) is 4.88. The number of esters is 2. The second kappa shape index (κ2) is 15.6. The normalized spacial score (nSPS) is 10.9. The van der Waals surface area contributed by atoms with Gasteiger partial charge in [-0.25, -0.2) is 9.59 Å². The summed E-state index contributed by atoms with van der Waals surface area (Å²) in [5.74, 6) is 0.752. The molecule has 7 heteroatoms. The Morgan fingerprint density at radius 3 is 1.58 bits per heavy atom. The summed E-state index contributed by atoms with van der Waals surface area (Å²) < 4.78 is 16.6. The zero-order valence-electron chi connectivity index (χ0n) is 25.8. The molecule has 0 aliphatic heterocycles. The standard InChI is InChI=1S/C38H38N2O5/c1-3-5-7-8-10-28-13-17-32(18-14-28)38(42)44-34-25-21-30(22-26-34)36-39-35(40-45-36)29-19-23-33(24-20-29)43-37(41)31-15-11-27(12-16-31)9-6-4-2/h11-26H,3-10H2,1-2H3. The first-order valence-corrected chi connectivity index (χ1v) is 15.7. The number of carbonyl (C=O) groups excluding carboxylic acids is 2. The van der Waals surface area contributed by atoms with Gasteiger partial charge in [-0.05, 0) is 110 Å². The van der Waals surface area contributed by atoms with Gasteiger partial charge in [0.1, 0.15) is 11.5 Å². The molecule has 0 aliphatic rings. The number of aryl methyl sites for hydroxylation is 2. The van der Waals surface area contributed by atoms with E-state index in [4.69, 9.17) is 14.0 Å². The molecule has 45 heavy (non-hydrogen) atoms. The van der Waals surface area contributed by atoms with Gasteiger partial charge in [-0.1, -0.05) is 69.0 Å². The average molecular weight is 603 g/mol. The lowest BCUT2D eigenvalue weighted by atomic mass is 10.0. The number of ether oxygens (including phenoxy) is 2. The van der Waals surface area contributed by atoms with Crippen LogP contribution in [0.4, 0.5) is 0 Å². The van der Waals surface area contributed by atoms with E-state index in [1.54, 1.807) is 60.7 Å². The van der Waals surface area contributed by atoms with Gasteiger partial charge in [-0.2, -0.15) is 4.98 Å². The molecule has 0 fully saturated rings. The van der Waals surface area contributed by atoms with Crippen LogP contribution in [0.15, 0.2) is 102 Å². The van der Waals surface area contributed by atoms with Crippen molar-refractivity contribution in [3.63, 3.8) is 0 Å². The van der Waals surface area contributed by atoms with Gasteiger partial charge in [0.2, 0.25) is 5.82 Å². The van der Waals surface area contributed by atoms with Crippen molar-refractivity contribution in [2.45, 2.75) is 65.2 Å². The van der Waals surface area contributed by atoms with Crippen LogP contribution in [-0.4, -0.2) is 22.1 Å². The first-order chi connectivity index (χ1) is 22.0. The third-order valence-corrected chi connectivity index (χ3v) is 7.58. The summed E-state index contributed by atoms with van der Waals surface area (Å²) in [6, 6.07) is 29.0. The lowest BCUT2D eigenvalue weighted by Crippen LogP contribution is -2.08. The monoisotopic (exact) mass is 602 g/mol. The highest BCUT2D eigenvalue weighted by atomic mass is 16.5. The summed E-state index contributed by atoms with van der Waals surface area (Å²) >= 11 is 0. The third kappa shape index (κ3) is 8.76. The smallest absolute Gasteiger partial charge is 0.343 e. The van der Waals surface area contributed by atoms with Crippen LogP contribution in [0.5, 0.6) is 11.5 Å². The predicted octanol–water partition coefficient (Wildman–Crippen LogP) is 9.31. The molecule has 0 N–H and O–H groups in total. The molecule has 1 aromatic heterocycles. The molecule has 0 spiro atoms. The summed E-state index contributed by atoms with van der Waals surface area (Å²) in [7, 11) is 0. The number of benzene rings is 4. The Hall–Kier alpha value is -5.04. The SMILES string of the molecule is CCCCCCc1ccc(C(=O)Oc2ccc(-c3nc(-c4ccc(OC(=O)c5ccc(CCCC)cc5)cc4)no3)cc2)cc1. The van der Waals surface area contributed by atoms with E-state index >= 15 is 0 Å². The van der Waals surface area contributed by atoms with Gasteiger partial charge in [0.25, 0.3) is 5.89 Å². The number of hydrogen-bond acceptors (Lipinski definition) is 7. The molecular weight excluding hydrogens is 564 g/mol. The highest BCUT2D eigenvalue weighted by Crippen LogP contribution is 2.26. The van der Waals surface area contributed by atoms with Gasteiger partial charge >= 0.3 is 11.9 Å². The van der Waals surface area contributed by atoms with Crippen LogP contribution in [-0.2, 0) is 12.8 Å². The zero-order valence-corrected chi connectivity index (χ0v) is 25.8. The Morgan fingerprint density at radius 1 is 0.578 bits per heavy atom. The van der Waals surface area contributed by atoms with Crippen molar-refractivity contribution in [3.05, 3.63) is 119 Å². The van der Waals surface area contributed by atoms with Crippen molar-refractivity contribution in [2.75, 3.05) is 0 Å². The van der Waals surface area contributed by atoms with Gasteiger partial charge in [0.15, 0.2) is 0 Å². The van der Waals surface area contributed by atoms with E-state index in [9.17, 15) is 9.59 Å². The van der Waals surface area contributed by atoms with E-state index in [2.05, 4.69) is 24.0 Å². The van der Waals surface area contributed by atoms with Crippen LogP contribution in [0.25, 0.3) is 22.8 Å². The highest BCUT2D eigenvalue weighted by molar-refractivity contribution is 5.91. The fourth-order valence-corrected chi connectivity index (χ4v) is 4.88. The van der Waals surface area contributed by atoms with Crippen molar-refractivity contribution < 1.29 is 23.6 Å². The molecule has 7 nitrogen and oxygen atoms in total. The second-order valence-electron chi connectivity index (χ2n) is 11.1. The Bertz CT molecular complexity index is 1670. The summed E-state index contributed by atoms with van der Waals surface area (Å²) in [5, 5.41) is 4.10. The second-order valence-corrected chi connectivity index (χ2v) is 11.1. The van der Waals surface area contributed by atoms with Crippen LogP contribution in [0.1, 0.15) is 84.2 Å². The molecule has 230 valence electrons. The predicted molar refractivity (Wildman–Crippen MR) is 174 cm³/mol. The number of unbranched alkanes of at least 4 members (excludes halogenated alkanes) is 4. The maximum absolute atomic E-state index is 12.6. The fraction of sp³-hybridized carbons (Fsp3) is 0.263. The van der Waals surface area contributed by atoms with E-state index in [1.165, 1.54) is 30.4 Å². The third-order valence-electron chi connectivity index (χ3n) is 7.58. The largest absolute Gasteiger partial charge is 0.423 e. The highest BCUT2D eigenvalue weighted by Gasteiger charge is 2.14. The topological polar surface area (TPSA) is 91.5 Å². The Kier molecular flexibility index (Phi) is 10.9. The minimum absolute atomic E-state index is 0.329. The van der Waals surface area contributed by atoms with E-state index in [0.29, 0.717) is 45.5 Å². The molecule has 0 atom stereocenters. The maximum Gasteiger partial charge on any atom is 0.343 e. The molecule has 0 saturated heterocycles. The van der Waals surface area contributed by atoms with Crippen molar-refractivity contribution in [1.82, 2.24) is 10.1 Å². The van der Waals surface area contributed by atoms with Crippen LogP contribution < -0.4 is 9.47 Å². The molecular formula is C38H38N2O5. The van der Waals surface area contributed by atoms with Gasteiger partial charge in [0.05, 0.1) is 11.1 Å². The number of carbonyl (C=O) groups is 2. The molecule has 5 rings (SSSR count). The van der Waals surface area contributed by atoms with Crippen molar-refractivity contribution in [1.29, 1.82) is 0 Å². The molecule has 0 aliphatic carbocycles. The average Bonchev–Trinajstić information content (AvgIpc) is 3.57. The molecule has 0 bridgehead atoms. The Labute approximate surface area is 264 Å². The summed E-state index contributed by atoms with van der Waals surface area (Å²) in [6.45, 7) is 4.36. The van der Waals surface area contributed by atoms with Crippen molar-refractivity contribution in [2.24, 2.45) is 0 Å². The molecule has 0 radical (unpaired) electrons. The number of hydrogen-bond donors (Lipinski definition) is 0. The lowest BCUT2D eigenvalue weighted by Gasteiger charge is -2.06. The van der Waals surface area contributed by atoms with E-state index < -0.39 is 11.9 Å². The van der Waals surface area contributed by atoms with Crippen molar-refractivity contribution >= 4 is 11.9 Å². The number of aromatic nitrogens is 2. The first-order valence-electron chi connectivity index (χ1n) is 15.7. The van der Waals surface area contributed by atoms with Crippen LogP contribution in [0.2, 0.25) is 0 Å². The Morgan fingerprint density at radius 2 is 1.07 bits per heavy atom. The molecule has 0 saturated carbocycles. The minimum atomic E-state index is -0.410. The zero-order chi connectivity index (χ0) is 31.4. The van der Waals surface area contributed by atoms with Gasteiger partial charge in [0, 0.05) is 11.1 Å². The van der Waals surface area contributed by atoms with Gasteiger partial charge in [-0.3, -0.25) is 0 Å². The van der Waals surface area contributed by atoms with Crippen LogP contribution in [0, 0.1) is 0 Å². The lowest BCUT2D eigenvalue weighted by molar-refractivity contribution is 0.0725. The number of rotatable bonds is 14. The molecule has 0 amide bonds. The first kappa shape index (κ1) is 31.4. The summed E-state index contributed by atoms with van der Waals surface area (Å²) in [4.78, 5) is 29.7. The molecule has 5 aromatic rings. The van der Waals surface area contributed by atoms with Crippen molar-refractivity contribution in [3.8, 4) is 34.3 Å². The minimum Gasteiger partial charge on any atom is -0.423 e. The van der Waals surface area contributed by atoms with Crippen LogP contribution in [0.3, 0.4) is 0 Å². The maximum atomic E-state index is 12.6.